The fraction of sp³-hybridized carbons (Fsp3) is 0.330. The van der Waals surface area contributed by atoms with Crippen molar-refractivity contribution in [2.75, 3.05) is 99.4 Å². The van der Waals surface area contributed by atoms with Gasteiger partial charge in [-0.1, -0.05) is 133 Å². The number of H-pyrrole nitrogens is 3. The number of nitrogens with zero attached hydrogens (tertiary/aromatic N) is 6. The number of carbonyl (C=O) groups excluding carboxylic acids is 3. The zero-order valence-corrected chi connectivity index (χ0v) is 69.6. The highest BCUT2D eigenvalue weighted by atomic mass is 35.5. The van der Waals surface area contributed by atoms with Crippen molar-refractivity contribution in [1.82, 2.24) is 44.4 Å². The van der Waals surface area contributed by atoms with E-state index < -0.39 is 18.2 Å². The number of rotatable bonds is 19. The van der Waals surface area contributed by atoms with Crippen molar-refractivity contribution in [3.8, 4) is 34.5 Å². The topological polar surface area (TPSA) is 194 Å². The van der Waals surface area contributed by atoms with E-state index in [2.05, 4.69) is 81.9 Å². The van der Waals surface area contributed by atoms with Crippen LogP contribution in [0.15, 0.2) is 206 Å². The molecular weight excluding hydrogens is 1560 g/mol. The number of aromatic amines is 3. The van der Waals surface area contributed by atoms with Crippen molar-refractivity contribution in [2.24, 2.45) is 11.8 Å². The number of halogens is 4. The highest BCUT2D eigenvalue weighted by Gasteiger charge is 2.40. The second-order valence-electron chi connectivity index (χ2n) is 31.2. The maximum Gasteiger partial charge on any atom is 0.416 e. The van der Waals surface area contributed by atoms with E-state index in [4.69, 9.17) is 74.8 Å². The van der Waals surface area contributed by atoms with Gasteiger partial charge in [-0.25, -0.2) is 14.4 Å². The second kappa shape index (κ2) is 37.6. The summed E-state index contributed by atoms with van der Waals surface area (Å²) in [6.45, 7) is 16.1. The minimum Gasteiger partial charge on any atom is -0.493 e. The lowest BCUT2D eigenvalue weighted by Gasteiger charge is -2.35. The fourth-order valence-electron chi connectivity index (χ4n) is 17.0. The number of para-hydroxylation sites is 1. The average Bonchev–Trinajstić information content (AvgIpc) is 1.63. The van der Waals surface area contributed by atoms with E-state index in [0.29, 0.717) is 100 Å². The number of aryl methyl sites for hydroxylation is 1. The van der Waals surface area contributed by atoms with Crippen LogP contribution in [0.2, 0.25) is 20.1 Å². The first kappa shape index (κ1) is 81.9. The number of aromatic nitrogens is 3. The van der Waals surface area contributed by atoms with Crippen LogP contribution in [-0.4, -0.2) is 173 Å². The molecule has 4 N–H and O–H groups in total. The van der Waals surface area contributed by atoms with Gasteiger partial charge in [0.05, 0.1) is 13.2 Å². The third kappa shape index (κ3) is 19.7. The van der Waals surface area contributed by atoms with Gasteiger partial charge in [0.1, 0.15) is 65.3 Å². The molecule has 6 unspecified atom stereocenters. The van der Waals surface area contributed by atoms with Crippen molar-refractivity contribution in [3.63, 3.8) is 0 Å². The molecule has 12 aromatic rings. The summed E-state index contributed by atoms with van der Waals surface area (Å²) in [6, 6.07) is 64.0. The van der Waals surface area contributed by atoms with Gasteiger partial charge in [-0.05, 0) is 265 Å². The minimum absolute atomic E-state index is 0.200. The minimum atomic E-state index is -0.586. The maximum absolute atomic E-state index is 13.5. The van der Waals surface area contributed by atoms with E-state index >= 15 is 0 Å². The molecule has 608 valence electrons. The summed E-state index contributed by atoms with van der Waals surface area (Å²) in [7, 11) is 4.35. The summed E-state index contributed by atoms with van der Waals surface area (Å²) in [6.07, 6.45) is 5.17. The van der Waals surface area contributed by atoms with Crippen molar-refractivity contribution >= 4 is 97.4 Å². The number of likely N-dealkylation sites (N-methyl/N-ethyl adjacent to an activating group) is 1. The number of hydrogen-bond acceptors (Lipinski definition) is 13. The smallest absolute Gasteiger partial charge is 0.416 e. The Morgan fingerprint density at radius 1 is 0.436 bits per heavy atom. The molecule has 3 aromatic heterocycles. The van der Waals surface area contributed by atoms with Crippen molar-refractivity contribution < 1.29 is 47.9 Å². The monoisotopic (exact) mass is 1650 g/mol. The summed E-state index contributed by atoms with van der Waals surface area (Å²) in [5, 5.41) is 16.3. The summed E-state index contributed by atoms with van der Waals surface area (Å²) < 4.78 is 35.6. The number of piperidine rings is 2. The van der Waals surface area contributed by atoms with Gasteiger partial charge in [-0.3, -0.25) is 14.7 Å². The van der Waals surface area contributed by atoms with Gasteiger partial charge >= 0.3 is 18.3 Å². The van der Waals surface area contributed by atoms with Gasteiger partial charge in [0.25, 0.3) is 0 Å². The van der Waals surface area contributed by atoms with Gasteiger partial charge in [-0.15, -0.1) is 0 Å². The third-order valence-corrected chi connectivity index (χ3v) is 23.9. The van der Waals surface area contributed by atoms with E-state index in [-0.39, 0.29) is 30.9 Å². The Bertz CT molecular complexity index is 5390. The summed E-state index contributed by atoms with van der Waals surface area (Å²) in [5.74, 6) is 4.94. The first-order valence-corrected chi connectivity index (χ1v) is 42.0. The van der Waals surface area contributed by atoms with E-state index in [1.807, 2.05) is 157 Å². The van der Waals surface area contributed by atoms with E-state index in [1.54, 1.807) is 46.2 Å². The van der Waals surface area contributed by atoms with Crippen LogP contribution in [0.5, 0.6) is 34.5 Å². The summed E-state index contributed by atoms with van der Waals surface area (Å²) in [5.41, 5.74) is 13.5. The molecule has 17 rings (SSSR count). The SMILES string of the molecule is CCN(CC)CC(O)COc1ccc(C2c3[nH]c4ccc(Cl)cc4c3CCN2C(=O)Oc2ccc(Cl)cc2)cc1.CN1CCCC(COc2ccc(C3c4[nH]c5ccc(Cl)cc5c4CCN3C(=O)Oc3ccccc3)cc2)C1.Cc1ccc(OC(=O)N2CCc3c([nH]c4ccc(Cl)cc34)C2c2ccc(OCC3CCCN(C)C3)cc2)cc1. The van der Waals surface area contributed by atoms with Crippen LogP contribution in [0.4, 0.5) is 14.4 Å². The van der Waals surface area contributed by atoms with E-state index in [0.717, 1.165) is 142 Å². The standard InChI is InChI=1S/C32H34ClN3O3.C31H33Cl2N3O4.C31H32ClN3O3/c1-21-5-10-26(11-6-21)39-32(37)36-17-15-27-28-18-24(33)9-14-29(28)34-30(27)31(36)23-7-12-25(13-8-23)38-20-22-4-3-16-35(2)19-22;1-3-35(4-2)18-23(37)19-39-24-10-5-20(6-11-24)30-29-26(27-17-22(33)9-14-28(27)34-29)15-16-36(30)31(38)40-25-12-7-21(32)8-13-25;1-34-16-5-6-21(19-34)20-37-24-12-9-22(10-13-24)30-29-26(27-18-23(32)11-14-28(27)33-29)15-17-35(30)31(36)38-25-7-3-2-4-8-25/h5-14,18,22,31,34H,3-4,15-17,19-20H2,1-2H3;5-14,17,23,30,34,37H,3-4,15-16,18-19H2,1-2H3;2-4,7-14,18,21,30,33H,5-6,15-17,19-20H2,1H3. The Balaban J connectivity index is 0.000000138. The number of aliphatic hydroxyl groups is 1. The first-order valence-electron chi connectivity index (χ1n) is 40.5. The molecule has 0 aliphatic carbocycles. The van der Waals surface area contributed by atoms with Gasteiger partial charge in [0.2, 0.25) is 0 Å². The number of benzene rings is 9. The molecule has 5 aliphatic rings. The van der Waals surface area contributed by atoms with Crippen LogP contribution in [0.3, 0.4) is 0 Å². The number of amides is 3. The van der Waals surface area contributed by atoms with Crippen molar-refractivity contribution in [3.05, 3.63) is 282 Å². The predicted octanol–water partition coefficient (Wildman–Crippen LogP) is 20.4. The Morgan fingerprint density at radius 2 is 0.778 bits per heavy atom. The Hall–Kier alpha value is -10.2. The average molecular weight is 1660 g/mol. The Labute approximate surface area is 703 Å². The first-order chi connectivity index (χ1) is 56.8. The van der Waals surface area contributed by atoms with Gasteiger partial charge in [0, 0.05) is 121 Å². The molecule has 0 spiro atoms. The molecule has 117 heavy (non-hydrogen) atoms. The molecule has 3 amide bonds. The van der Waals surface area contributed by atoms with Crippen LogP contribution in [0.25, 0.3) is 32.7 Å². The lowest BCUT2D eigenvalue weighted by atomic mass is 9.92. The van der Waals surface area contributed by atoms with Gasteiger partial charge in [-0.2, -0.15) is 0 Å². The normalized spacial score (nSPS) is 18.4. The number of ether oxygens (including phenoxy) is 6. The molecule has 0 radical (unpaired) electrons. The van der Waals surface area contributed by atoms with E-state index in [1.165, 1.54) is 36.8 Å². The molecule has 6 atom stereocenters. The van der Waals surface area contributed by atoms with Gasteiger partial charge < -0.3 is 63.2 Å². The summed E-state index contributed by atoms with van der Waals surface area (Å²) in [4.78, 5) is 63.4. The molecule has 19 nitrogen and oxygen atoms in total. The predicted molar refractivity (Wildman–Crippen MR) is 464 cm³/mol. The van der Waals surface area contributed by atoms with Crippen LogP contribution in [0, 0.1) is 18.8 Å². The molecule has 0 saturated carbocycles. The van der Waals surface area contributed by atoms with Crippen LogP contribution in [0.1, 0.15) is 114 Å². The Kier molecular flexibility index (Phi) is 26.3. The second-order valence-corrected chi connectivity index (χ2v) is 32.9. The fourth-order valence-corrected chi connectivity index (χ4v) is 17.6. The largest absolute Gasteiger partial charge is 0.493 e. The molecule has 23 heteroatoms. The van der Waals surface area contributed by atoms with Crippen molar-refractivity contribution in [2.45, 2.75) is 89.9 Å². The summed E-state index contributed by atoms with van der Waals surface area (Å²) >= 11 is 25.0. The van der Waals surface area contributed by atoms with Crippen LogP contribution in [-0.2, 0) is 19.3 Å². The quantitative estimate of drug-likeness (QED) is 0.0598. The van der Waals surface area contributed by atoms with Crippen molar-refractivity contribution in [1.29, 1.82) is 0 Å². The maximum atomic E-state index is 13.5. The number of carbonyl (C=O) groups is 3. The van der Waals surface area contributed by atoms with Crippen LogP contribution < -0.4 is 28.4 Å². The van der Waals surface area contributed by atoms with Gasteiger partial charge in [0.15, 0.2) is 0 Å². The number of nitrogens with one attached hydrogen (secondary N) is 3. The number of likely N-dealkylation sites (tertiary alicyclic amines) is 2. The molecule has 0 bridgehead atoms. The zero-order chi connectivity index (χ0) is 81.2. The number of aliphatic hydroxyl groups excluding tert-OH is 1. The molecule has 8 heterocycles. The molecule has 2 saturated heterocycles. The van der Waals surface area contributed by atoms with Crippen LogP contribution >= 0.6 is 46.4 Å². The molecule has 2 fully saturated rings. The highest BCUT2D eigenvalue weighted by Crippen LogP contribution is 2.45. The van der Waals surface area contributed by atoms with E-state index in [9.17, 15) is 19.5 Å². The lowest BCUT2D eigenvalue weighted by Crippen LogP contribution is -2.42. The molecular formula is C94H99Cl4N9O10. The molecule has 9 aromatic carbocycles. The lowest BCUT2D eigenvalue weighted by molar-refractivity contribution is 0.0716. The third-order valence-electron chi connectivity index (χ3n) is 23.0. The molecule has 5 aliphatic heterocycles. The highest BCUT2D eigenvalue weighted by molar-refractivity contribution is 6.32. The zero-order valence-electron chi connectivity index (χ0n) is 66.6. The number of hydrogen-bond donors (Lipinski definition) is 4. The Morgan fingerprint density at radius 3 is 1.15 bits per heavy atom. The number of fused-ring (bicyclic) bond motifs is 9.